The smallest absolute Gasteiger partial charge is 0.120 e. The maximum Gasteiger partial charge on any atom is 0.120 e. The number of hydrogen-bond acceptors (Lipinski definition) is 2. The lowest BCUT2D eigenvalue weighted by Gasteiger charge is -2.20. The molecule has 0 saturated carbocycles. The number of halogens is 1. The van der Waals surface area contributed by atoms with Gasteiger partial charge >= 0.3 is 0 Å². The molecule has 3 heteroatoms. The van der Waals surface area contributed by atoms with Crippen molar-refractivity contribution >= 4 is 11.6 Å². The molecule has 1 rings (SSSR count). The van der Waals surface area contributed by atoms with Gasteiger partial charge in [0.15, 0.2) is 0 Å². The average Bonchev–Trinajstić information content (AvgIpc) is 2.41. The summed E-state index contributed by atoms with van der Waals surface area (Å²) < 4.78 is 6.08. The quantitative estimate of drug-likeness (QED) is 0.676. The molecule has 0 radical (unpaired) electrons. The molecule has 1 aromatic carbocycles. The standard InChI is InChI=1S/C16H26ClNO/c1-4-7-15(12-18-10-5-2)19-14-8-9-16(17)13(6-3)11-14/h8-9,11,15,18H,4-7,10,12H2,1-3H3. The van der Waals surface area contributed by atoms with Crippen molar-refractivity contribution in [3.8, 4) is 5.75 Å². The Morgan fingerprint density at radius 3 is 2.63 bits per heavy atom. The fraction of sp³-hybridized carbons (Fsp3) is 0.625. The number of nitrogens with one attached hydrogen (secondary N) is 1. The van der Waals surface area contributed by atoms with Crippen molar-refractivity contribution < 1.29 is 4.74 Å². The number of rotatable bonds is 9. The zero-order valence-corrected chi connectivity index (χ0v) is 13.1. The first kappa shape index (κ1) is 16.3. The van der Waals surface area contributed by atoms with Crippen LogP contribution in [0.25, 0.3) is 0 Å². The van der Waals surface area contributed by atoms with Crippen LogP contribution in [0, 0.1) is 0 Å². The SMILES string of the molecule is CCCNCC(CCC)Oc1ccc(Cl)c(CC)c1. The molecule has 0 bridgehead atoms. The van der Waals surface area contributed by atoms with Crippen LogP contribution in [0.15, 0.2) is 18.2 Å². The Morgan fingerprint density at radius 2 is 2.00 bits per heavy atom. The second-order valence-corrected chi connectivity index (χ2v) is 5.25. The van der Waals surface area contributed by atoms with Crippen LogP contribution in [0.4, 0.5) is 0 Å². The largest absolute Gasteiger partial charge is 0.489 e. The van der Waals surface area contributed by atoms with Crippen molar-refractivity contribution in [1.29, 1.82) is 0 Å². The summed E-state index contributed by atoms with van der Waals surface area (Å²) >= 11 is 6.13. The summed E-state index contributed by atoms with van der Waals surface area (Å²) in [6.45, 7) is 8.43. The summed E-state index contributed by atoms with van der Waals surface area (Å²) in [7, 11) is 0. The van der Waals surface area contributed by atoms with Gasteiger partial charge in [0.2, 0.25) is 0 Å². The summed E-state index contributed by atoms with van der Waals surface area (Å²) in [4.78, 5) is 0. The van der Waals surface area contributed by atoms with Gasteiger partial charge in [-0.3, -0.25) is 0 Å². The lowest BCUT2D eigenvalue weighted by atomic mass is 10.1. The fourth-order valence-electron chi connectivity index (χ4n) is 2.05. The van der Waals surface area contributed by atoms with Crippen molar-refractivity contribution in [2.45, 2.75) is 52.6 Å². The van der Waals surface area contributed by atoms with Gasteiger partial charge in [0.05, 0.1) is 0 Å². The van der Waals surface area contributed by atoms with Crippen LogP contribution < -0.4 is 10.1 Å². The van der Waals surface area contributed by atoms with E-state index < -0.39 is 0 Å². The van der Waals surface area contributed by atoms with Crippen LogP contribution in [-0.2, 0) is 6.42 Å². The highest BCUT2D eigenvalue weighted by molar-refractivity contribution is 6.31. The van der Waals surface area contributed by atoms with Gasteiger partial charge in [-0.2, -0.15) is 0 Å². The molecule has 1 aromatic rings. The number of aryl methyl sites for hydroxylation is 1. The number of benzene rings is 1. The van der Waals surface area contributed by atoms with E-state index in [-0.39, 0.29) is 6.10 Å². The van der Waals surface area contributed by atoms with Crippen molar-refractivity contribution in [2.75, 3.05) is 13.1 Å². The molecule has 0 saturated heterocycles. The minimum Gasteiger partial charge on any atom is -0.489 e. The lowest BCUT2D eigenvalue weighted by molar-refractivity contribution is 0.186. The first-order valence-electron chi connectivity index (χ1n) is 7.37. The third-order valence-corrected chi connectivity index (χ3v) is 3.48. The molecule has 0 heterocycles. The summed E-state index contributed by atoms with van der Waals surface area (Å²) in [6.07, 6.45) is 4.53. The van der Waals surface area contributed by atoms with Crippen LogP contribution in [0.5, 0.6) is 5.75 Å². The monoisotopic (exact) mass is 283 g/mol. The minimum absolute atomic E-state index is 0.238. The topological polar surface area (TPSA) is 21.3 Å². The Balaban J connectivity index is 2.61. The van der Waals surface area contributed by atoms with Gasteiger partial charge in [-0.05, 0) is 49.6 Å². The molecule has 0 aliphatic carbocycles. The second-order valence-electron chi connectivity index (χ2n) is 4.84. The minimum atomic E-state index is 0.238. The van der Waals surface area contributed by atoms with E-state index in [2.05, 4.69) is 32.2 Å². The molecule has 0 amide bonds. The van der Waals surface area contributed by atoms with E-state index in [0.717, 1.165) is 55.1 Å². The average molecular weight is 284 g/mol. The van der Waals surface area contributed by atoms with E-state index in [4.69, 9.17) is 16.3 Å². The Labute approximate surface area is 122 Å². The zero-order valence-electron chi connectivity index (χ0n) is 12.3. The van der Waals surface area contributed by atoms with Gasteiger partial charge in [0.1, 0.15) is 11.9 Å². The van der Waals surface area contributed by atoms with Crippen LogP contribution in [-0.4, -0.2) is 19.2 Å². The molecular weight excluding hydrogens is 258 g/mol. The summed E-state index contributed by atoms with van der Waals surface area (Å²) in [5.74, 6) is 0.929. The van der Waals surface area contributed by atoms with E-state index in [0.29, 0.717) is 0 Å². The molecule has 0 aliphatic heterocycles. The highest BCUT2D eigenvalue weighted by atomic mass is 35.5. The Kier molecular flexibility index (Phi) is 7.92. The van der Waals surface area contributed by atoms with Gasteiger partial charge < -0.3 is 10.1 Å². The molecular formula is C16H26ClNO. The molecule has 1 atom stereocenters. The predicted molar refractivity (Wildman–Crippen MR) is 83.3 cm³/mol. The first-order chi connectivity index (χ1) is 9.21. The van der Waals surface area contributed by atoms with Gasteiger partial charge in [0.25, 0.3) is 0 Å². The van der Waals surface area contributed by atoms with Crippen molar-refractivity contribution in [3.05, 3.63) is 28.8 Å². The van der Waals surface area contributed by atoms with Crippen molar-refractivity contribution in [3.63, 3.8) is 0 Å². The predicted octanol–water partition coefficient (Wildman–Crippen LogP) is 4.45. The second kappa shape index (κ2) is 9.22. The van der Waals surface area contributed by atoms with Crippen molar-refractivity contribution in [1.82, 2.24) is 5.32 Å². The molecule has 19 heavy (non-hydrogen) atoms. The molecule has 0 aromatic heterocycles. The van der Waals surface area contributed by atoms with E-state index >= 15 is 0 Å². The third-order valence-electron chi connectivity index (χ3n) is 3.11. The van der Waals surface area contributed by atoms with Gasteiger partial charge in [-0.1, -0.05) is 38.8 Å². The van der Waals surface area contributed by atoms with Gasteiger partial charge in [-0.15, -0.1) is 0 Å². The van der Waals surface area contributed by atoms with Crippen LogP contribution >= 0.6 is 11.6 Å². The van der Waals surface area contributed by atoms with Gasteiger partial charge in [0, 0.05) is 11.6 Å². The molecule has 0 spiro atoms. The van der Waals surface area contributed by atoms with Crippen LogP contribution in [0.2, 0.25) is 5.02 Å². The molecule has 0 fully saturated rings. The lowest BCUT2D eigenvalue weighted by Crippen LogP contribution is -2.31. The highest BCUT2D eigenvalue weighted by Gasteiger charge is 2.10. The normalized spacial score (nSPS) is 12.4. The molecule has 1 N–H and O–H groups in total. The molecule has 2 nitrogen and oxygen atoms in total. The third kappa shape index (κ3) is 5.84. The van der Waals surface area contributed by atoms with E-state index in [1.165, 1.54) is 0 Å². The van der Waals surface area contributed by atoms with E-state index in [1.807, 2.05) is 12.1 Å². The summed E-state index contributed by atoms with van der Waals surface area (Å²) in [5.41, 5.74) is 1.15. The number of ether oxygens (including phenoxy) is 1. The Morgan fingerprint density at radius 1 is 1.21 bits per heavy atom. The summed E-state index contributed by atoms with van der Waals surface area (Å²) in [5, 5.41) is 4.25. The molecule has 1 unspecified atom stereocenters. The maximum atomic E-state index is 6.13. The fourth-order valence-corrected chi connectivity index (χ4v) is 2.30. The van der Waals surface area contributed by atoms with Crippen LogP contribution in [0.1, 0.15) is 45.6 Å². The maximum absolute atomic E-state index is 6.13. The summed E-state index contributed by atoms with van der Waals surface area (Å²) in [6, 6.07) is 5.95. The Hall–Kier alpha value is -0.730. The zero-order chi connectivity index (χ0) is 14.1. The van der Waals surface area contributed by atoms with E-state index in [9.17, 15) is 0 Å². The van der Waals surface area contributed by atoms with E-state index in [1.54, 1.807) is 0 Å². The van der Waals surface area contributed by atoms with Gasteiger partial charge in [-0.25, -0.2) is 0 Å². The molecule has 108 valence electrons. The van der Waals surface area contributed by atoms with Crippen LogP contribution in [0.3, 0.4) is 0 Å². The highest BCUT2D eigenvalue weighted by Crippen LogP contribution is 2.23. The van der Waals surface area contributed by atoms with Crippen molar-refractivity contribution in [2.24, 2.45) is 0 Å². The number of hydrogen-bond donors (Lipinski definition) is 1. The molecule has 0 aliphatic rings. The Bertz CT molecular complexity index is 368. The first-order valence-corrected chi connectivity index (χ1v) is 7.74.